The maximum Gasteiger partial charge on any atom is 0.0984 e. The van der Waals surface area contributed by atoms with Gasteiger partial charge in [0.25, 0.3) is 0 Å². The average molecular weight is 219 g/mol. The molecule has 3 atom stereocenters. The van der Waals surface area contributed by atoms with Gasteiger partial charge in [0.2, 0.25) is 0 Å². The molecule has 0 aliphatic heterocycles. The molecular weight excluding hydrogens is 194 g/mol. The molecule has 0 radical (unpaired) electrons. The molecule has 0 amide bonds. The smallest absolute Gasteiger partial charge is 0.0984 e. The fraction of sp³-hybridized carbons (Fsp3) is 1.00. The summed E-state index contributed by atoms with van der Waals surface area (Å²) in [5.74, 6) is 0. The lowest BCUT2D eigenvalue weighted by Crippen LogP contribution is -2.44. The van der Waals surface area contributed by atoms with E-state index < -0.39 is 0 Å². The van der Waals surface area contributed by atoms with E-state index in [0.29, 0.717) is 13.2 Å². The Morgan fingerprint density at radius 2 is 2.00 bits per heavy atom. The Hall–Kier alpha value is -0.160. The predicted molar refractivity (Wildman–Crippen MR) is 60.8 cm³/mol. The van der Waals surface area contributed by atoms with Crippen molar-refractivity contribution >= 4 is 0 Å². The van der Waals surface area contributed by atoms with Crippen molar-refractivity contribution in [2.75, 3.05) is 19.8 Å². The van der Waals surface area contributed by atoms with Gasteiger partial charge in [-0.15, -0.1) is 0 Å². The zero-order chi connectivity index (χ0) is 11.7. The highest BCUT2D eigenvalue weighted by molar-refractivity contribution is 4.73. The van der Waals surface area contributed by atoms with Crippen LogP contribution in [0.4, 0.5) is 0 Å². The van der Waals surface area contributed by atoms with Gasteiger partial charge >= 0.3 is 0 Å². The number of aliphatic hydroxyl groups excluding tert-OH is 1. The summed E-state index contributed by atoms with van der Waals surface area (Å²) in [5.41, 5.74) is 5.75. The molecule has 0 aromatic rings. The van der Waals surface area contributed by atoms with Gasteiger partial charge in [-0.25, -0.2) is 0 Å². The second-order valence-electron chi connectivity index (χ2n) is 3.78. The van der Waals surface area contributed by atoms with Crippen LogP contribution in [0.3, 0.4) is 0 Å². The molecule has 0 saturated carbocycles. The van der Waals surface area contributed by atoms with Crippen LogP contribution in [0.15, 0.2) is 0 Å². The first kappa shape index (κ1) is 14.8. The maximum absolute atomic E-state index is 8.99. The van der Waals surface area contributed by atoms with Gasteiger partial charge in [0.15, 0.2) is 0 Å². The van der Waals surface area contributed by atoms with Gasteiger partial charge in [-0.3, -0.25) is 0 Å². The second-order valence-corrected chi connectivity index (χ2v) is 3.78. The van der Waals surface area contributed by atoms with Crippen LogP contribution < -0.4 is 5.73 Å². The molecule has 0 aromatic heterocycles. The predicted octanol–water partition coefficient (Wildman–Crippen LogP) is 0.916. The summed E-state index contributed by atoms with van der Waals surface area (Å²) in [4.78, 5) is 0. The molecule has 0 fully saturated rings. The third kappa shape index (κ3) is 6.84. The lowest BCUT2D eigenvalue weighted by atomic mass is 10.1. The van der Waals surface area contributed by atoms with Crippen molar-refractivity contribution in [1.29, 1.82) is 0 Å². The van der Waals surface area contributed by atoms with E-state index >= 15 is 0 Å². The van der Waals surface area contributed by atoms with Gasteiger partial charge in [-0.05, 0) is 20.3 Å². The normalized spacial score (nSPS) is 17.4. The number of rotatable bonds is 9. The van der Waals surface area contributed by atoms with E-state index in [1.165, 1.54) is 0 Å². The molecule has 0 bridgehead atoms. The van der Waals surface area contributed by atoms with Gasteiger partial charge in [0.1, 0.15) is 0 Å². The highest BCUT2D eigenvalue weighted by atomic mass is 16.5. The SMILES string of the molecule is CCCC(C)OC(COCC)C(N)CO. The fourth-order valence-corrected chi connectivity index (χ4v) is 1.39. The zero-order valence-corrected chi connectivity index (χ0v) is 10.1. The molecule has 3 N–H and O–H groups in total. The lowest BCUT2D eigenvalue weighted by molar-refractivity contribution is -0.0689. The number of aliphatic hydroxyl groups is 1. The van der Waals surface area contributed by atoms with Crippen molar-refractivity contribution in [2.45, 2.75) is 51.9 Å². The molecule has 0 spiro atoms. The Kier molecular flexibility index (Phi) is 9.00. The van der Waals surface area contributed by atoms with Crippen LogP contribution >= 0.6 is 0 Å². The van der Waals surface area contributed by atoms with E-state index in [1.807, 2.05) is 13.8 Å². The van der Waals surface area contributed by atoms with Crippen molar-refractivity contribution in [3.8, 4) is 0 Å². The maximum atomic E-state index is 8.99. The molecule has 0 aliphatic carbocycles. The zero-order valence-electron chi connectivity index (χ0n) is 10.1. The second kappa shape index (κ2) is 9.09. The molecule has 0 rings (SSSR count). The van der Waals surface area contributed by atoms with Crippen molar-refractivity contribution in [3.63, 3.8) is 0 Å². The van der Waals surface area contributed by atoms with Crippen LogP contribution in [0.1, 0.15) is 33.6 Å². The van der Waals surface area contributed by atoms with Gasteiger partial charge in [0, 0.05) is 6.61 Å². The summed E-state index contributed by atoms with van der Waals surface area (Å²) in [6.45, 7) is 7.08. The minimum Gasteiger partial charge on any atom is -0.395 e. The van der Waals surface area contributed by atoms with E-state index in [0.717, 1.165) is 12.8 Å². The van der Waals surface area contributed by atoms with Crippen molar-refractivity contribution < 1.29 is 14.6 Å². The highest BCUT2D eigenvalue weighted by Crippen LogP contribution is 2.08. The minimum absolute atomic E-state index is 0.0728. The Bertz CT molecular complexity index is 144. The van der Waals surface area contributed by atoms with Crippen LogP contribution in [0.5, 0.6) is 0 Å². The van der Waals surface area contributed by atoms with Gasteiger partial charge in [-0.2, -0.15) is 0 Å². The lowest BCUT2D eigenvalue weighted by Gasteiger charge is -2.26. The summed E-state index contributed by atoms with van der Waals surface area (Å²) in [6, 6.07) is -0.365. The van der Waals surface area contributed by atoms with E-state index in [2.05, 4.69) is 6.92 Å². The summed E-state index contributed by atoms with van der Waals surface area (Å²) in [5, 5.41) is 8.99. The number of hydrogen-bond acceptors (Lipinski definition) is 4. The molecular formula is C11H25NO3. The minimum atomic E-state index is -0.365. The van der Waals surface area contributed by atoms with E-state index in [1.54, 1.807) is 0 Å². The van der Waals surface area contributed by atoms with Crippen molar-refractivity contribution in [1.82, 2.24) is 0 Å². The topological polar surface area (TPSA) is 64.7 Å². The van der Waals surface area contributed by atoms with Crippen LogP contribution in [0.2, 0.25) is 0 Å². The van der Waals surface area contributed by atoms with Crippen LogP contribution in [-0.4, -0.2) is 43.2 Å². The highest BCUT2D eigenvalue weighted by Gasteiger charge is 2.20. The van der Waals surface area contributed by atoms with Gasteiger partial charge in [0.05, 0.1) is 31.5 Å². The third-order valence-electron chi connectivity index (χ3n) is 2.28. The van der Waals surface area contributed by atoms with Crippen LogP contribution in [0.25, 0.3) is 0 Å². The van der Waals surface area contributed by atoms with E-state index in [9.17, 15) is 0 Å². The molecule has 0 saturated heterocycles. The van der Waals surface area contributed by atoms with Crippen LogP contribution in [0, 0.1) is 0 Å². The van der Waals surface area contributed by atoms with Gasteiger partial charge < -0.3 is 20.3 Å². The van der Waals surface area contributed by atoms with Crippen molar-refractivity contribution in [2.24, 2.45) is 5.73 Å². The molecule has 92 valence electrons. The Morgan fingerprint density at radius 1 is 1.33 bits per heavy atom. The Morgan fingerprint density at radius 3 is 2.47 bits per heavy atom. The van der Waals surface area contributed by atoms with Crippen LogP contribution in [-0.2, 0) is 9.47 Å². The molecule has 15 heavy (non-hydrogen) atoms. The molecule has 4 heteroatoms. The third-order valence-corrected chi connectivity index (χ3v) is 2.28. The van der Waals surface area contributed by atoms with E-state index in [-0.39, 0.29) is 24.9 Å². The molecule has 4 nitrogen and oxygen atoms in total. The molecule has 0 aromatic carbocycles. The molecule has 3 unspecified atom stereocenters. The first-order chi connectivity index (χ1) is 7.15. The average Bonchev–Trinajstić information content (AvgIpc) is 2.23. The standard InChI is InChI=1S/C11H25NO3/c1-4-6-9(3)15-11(8-14-5-2)10(12)7-13/h9-11,13H,4-8,12H2,1-3H3. The largest absolute Gasteiger partial charge is 0.395 e. The first-order valence-corrected chi connectivity index (χ1v) is 5.75. The molecule has 0 aliphatic rings. The summed E-state index contributed by atoms with van der Waals surface area (Å²) < 4.78 is 11.0. The number of hydrogen-bond donors (Lipinski definition) is 2. The molecule has 0 heterocycles. The number of nitrogens with two attached hydrogens (primary N) is 1. The van der Waals surface area contributed by atoms with Gasteiger partial charge in [-0.1, -0.05) is 13.3 Å². The Balaban J connectivity index is 3.98. The van der Waals surface area contributed by atoms with Crippen molar-refractivity contribution in [3.05, 3.63) is 0 Å². The Labute approximate surface area is 92.7 Å². The fourth-order valence-electron chi connectivity index (χ4n) is 1.39. The monoisotopic (exact) mass is 219 g/mol. The van der Waals surface area contributed by atoms with E-state index in [4.69, 9.17) is 20.3 Å². The summed E-state index contributed by atoms with van der Waals surface area (Å²) >= 11 is 0. The first-order valence-electron chi connectivity index (χ1n) is 5.75. The number of ether oxygens (including phenoxy) is 2. The summed E-state index contributed by atoms with van der Waals surface area (Å²) in [7, 11) is 0. The summed E-state index contributed by atoms with van der Waals surface area (Å²) in [6.07, 6.45) is 2.03. The quantitative estimate of drug-likeness (QED) is 0.605.